The lowest BCUT2D eigenvalue weighted by molar-refractivity contribution is -0.142. The van der Waals surface area contributed by atoms with Crippen LogP contribution in [0.5, 0.6) is 11.5 Å². The number of carbonyl (C=O) groups excluding carboxylic acids is 1. The topological polar surface area (TPSA) is 48.0 Å². The Morgan fingerprint density at radius 2 is 1.84 bits per heavy atom. The number of anilines is 2. The molecule has 38 heavy (non-hydrogen) atoms. The number of halogens is 1. The van der Waals surface area contributed by atoms with E-state index in [1.807, 2.05) is 24.3 Å². The lowest BCUT2D eigenvalue weighted by Crippen LogP contribution is -2.37. The van der Waals surface area contributed by atoms with Gasteiger partial charge in [-0.2, -0.15) is 0 Å². The van der Waals surface area contributed by atoms with Crippen molar-refractivity contribution < 1.29 is 23.4 Å². The third kappa shape index (κ3) is 5.59. The Morgan fingerprint density at radius 3 is 2.71 bits per heavy atom. The fraction of sp³-hybridized carbons (Fsp3) is 0.281. The smallest absolute Gasteiger partial charge is 0.343 e. The molecule has 4 aromatic rings. The minimum atomic E-state index is -0.452. The Bertz CT molecular complexity index is 1420. The van der Waals surface area contributed by atoms with E-state index in [-0.39, 0.29) is 24.3 Å². The number of ether oxygens (including phenoxy) is 3. The van der Waals surface area contributed by atoms with Crippen LogP contribution in [0.3, 0.4) is 0 Å². The predicted molar refractivity (Wildman–Crippen MR) is 148 cm³/mol. The molecule has 1 aliphatic rings. The van der Waals surface area contributed by atoms with Crippen molar-refractivity contribution in [3.63, 3.8) is 0 Å². The van der Waals surface area contributed by atoms with Gasteiger partial charge in [-0.15, -0.1) is 0 Å². The highest BCUT2D eigenvalue weighted by Gasteiger charge is 2.29. The fourth-order valence-electron chi connectivity index (χ4n) is 5.16. The van der Waals surface area contributed by atoms with Gasteiger partial charge in [-0.1, -0.05) is 61.5 Å². The molecule has 0 saturated carbocycles. The van der Waals surface area contributed by atoms with E-state index in [1.165, 1.54) is 29.5 Å². The molecular formula is C32H32FNO4. The summed E-state index contributed by atoms with van der Waals surface area (Å²) in [4.78, 5) is 13.6. The molecule has 2 atom stereocenters. The van der Waals surface area contributed by atoms with Gasteiger partial charge in [-0.3, -0.25) is 0 Å². The van der Waals surface area contributed by atoms with E-state index in [4.69, 9.17) is 9.47 Å². The van der Waals surface area contributed by atoms with Gasteiger partial charge in [0.05, 0.1) is 19.3 Å². The van der Waals surface area contributed by atoms with Gasteiger partial charge in [0, 0.05) is 11.8 Å². The summed E-state index contributed by atoms with van der Waals surface area (Å²) in [5.74, 6) is 0.379. The monoisotopic (exact) mass is 513 g/mol. The van der Waals surface area contributed by atoms with E-state index in [0.29, 0.717) is 23.9 Å². The van der Waals surface area contributed by atoms with Gasteiger partial charge >= 0.3 is 5.97 Å². The van der Waals surface area contributed by atoms with Gasteiger partial charge < -0.3 is 19.1 Å². The Morgan fingerprint density at radius 1 is 1.05 bits per heavy atom. The van der Waals surface area contributed by atoms with Crippen molar-refractivity contribution in [2.75, 3.05) is 25.2 Å². The minimum absolute atomic E-state index is 0.168. The molecule has 5 rings (SSSR count). The van der Waals surface area contributed by atoms with Crippen LogP contribution in [-0.2, 0) is 9.53 Å². The van der Waals surface area contributed by atoms with E-state index in [2.05, 4.69) is 59.0 Å². The van der Waals surface area contributed by atoms with Gasteiger partial charge in [0.2, 0.25) is 0 Å². The van der Waals surface area contributed by atoms with Crippen LogP contribution in [-0.4, -0.2) is 32.3 Å². The summed E-state index contributed by atoms with van der Waals surface area (Å²) in [5.41, 5.74) is 2.88. The van der Waals surface area contributed by atoms with Crippen molar-refractivity contribution in [1.29, 1.82) is 0 Å². The van der Waals surface area contributed by atoms with Crippen molar-refractivity contribution in [1.82, 2.24) is 0 Å². The third-order valence-electron chi connectivity index (χ3n) is 7.14. The highest BCUT2D eigenvalue weighted by atomic mass is 19.1. The summed E-state index contributed by atoms with van der Waals surface area (Å²) < 4.78 is 31.3. The number of carbonyl (C=O) groups is 1. The second-order valence-corrected chi connectivity index (χ2v) is 9.70. The average molecular weight is 514 g/mol. The average Bonchev–Trinajstić information content (AvgIpc) is 2.95. The largest absolute Gasteiger partial charge is 0.483 e. The van der Waals surface area contributed by atoms with Crippen LogP contribution in [0.15, 0.2) is 84.9 Å². The second-order valence-electron chi connectivity index (χ2n) is 9.70. The van der Waals surface area contributed by atoms with Crippen LogP contribution < -0.4 is 14.4 Å². The van der Waals surface area contributed by atoms with Gasteiger partial charge in [0.1, 0.15) is 11.9 Å². The van der Waals surface area contributed by atoms with E-state index in [9.17, 15) is 9.18 Å². The number of para-hydroxylation sites is 1. The van der Waals surface area contributed by atoms with Gasteiger partial charge in [-0.05, 0) is 65.8 Å². The second kappa shape index (κ2) is 11.5. The summed E-state index contributed by atoms with van der Waals surface area (Å²) in [7, 11) is 1.32. The zero-order valence-corrected chi connectivity index (χ0v) is 21.7. The number of esters is 1. The molecule has 4 aromatic carbocycles. The number of rotatable bonds is 9. The zero-order valence-electron chi connectivity index (χ0n) is 21.7. The molecule has 6 heteroatoms. The lowest BCUT2D eigenvalue weighted by Gasteiger charge is -2.36. The maximum atomic E-state index is 14.9. The first kappa shape index (κ1) is 25.6. The van der Waals surface area contributed by atoms with Crippen LogP contribution >= 0.6 is 0 Å². The lowest BCUT2D eigenvalue weighted by atomic mass is 9.90. The zero-order chi connectivity index (χ0) is 26.5. The van der Waals surface area contributed by atoms with Crippen molar-refractivity contribution in [3.05, 3.63) is 96.3 Å². The fourth-order valence-corrected chi connectivity index (χ4v) is 5.16. The standard InChI is InChI=1S/C32H32FNO4/c1-22(27-16-6-11-23-10-3-4-15-28(23)27)9-5-14-26-20-34(30-18-8-17-29(33)32(30)38-26)24-12-7-13-25(19-24)37-21-31(35)36-2/h3-4,6-8,10-13,15-19,22,26H,5,9,14,20-21H2,1-2H3/t22-,26?/m0/s1. The van der Waals surface area contributed by atoms with E-state index in [1.54, 1.807) is 12.1 Å². The molecule has 5 nitrogen and oxygen atoms in total. The minimum Gasteiger partial charge on any atom is -0.483 e. The van der Waals surface area contributed by atoms with Gasteiger partial charge in [0.25, 0.3) is 0 Å². The maximum absolute atomic E-state index is 14.9. The predicted octanol–water partition coefficient (Wildman–Crippen LogP) is 7.40. The van der Waals surface area contributed by atoms with Crippen molar-refractivity contribution in [2.45, 2.75) is 38.2 Å². The van der Waals surface area contributed by atoms with Crippen LogP contribution in [0.1, 0.15) is 37.7 Å². The van der Waals surface area contributed by atoms with E-state index >= 15 is 0 Å². The number of nitrogens with zero attached hydrogens (tertiary/aromatic N) is 1. The molecule has 1 aliphatic heterocycles. The first-order valence-corrected chi connectivity index (χ1v) is 13.0. The molecule has 0 N–H and O–H groups in total. The van der Waals surface area contributed by atoms with E-state index in [0.717, 1.165) is 24.9 Å². The molecule has 1 heterocycles. The third-order valence-corrected chi connectivity index (χ3v) is 7.14. The summed E-state index contributed by atoms with van der Waals surface area (Å²) in [5, 5.41) is 2.56. The van der Waals surface area contributed by atoms with Gasteiger partial charge in [0.15, 0.2) is 18.2 Å². The highest BCUT2D eigenvalue weighted by molar-refractivity contribution is 5.86. The number of hydrogen-bond donors (Lipinski definition) is 0. The number of fused-ring (bicyclic) bond motifs is 2. The van der Waals surface area contributed by atoms with Crippen molar-refractivity contribution in [3.8, 4) is 11.5 Å². The first-order chi connectivity index (χ1) is 18.5. The first-order valence-electron chi connectivity index (χ1n) is 13.0. The molecule has 0 bridgehead atoms. The summed E-state index contributed by atoms with van der Waals surface area (Å²) >= 11 is 0. The molecule has 0 spiro atoms. The number of hydrogen-bond acceptors (Lipinski definition) is 5. The van der Waals surface area contributed by atoms with Crippen LogP contribution in [0.4, 0.5) is 15.8 Å². The van der Waals surface area contributed by atoms with E-state index < -0.39 is 5.97 Å². The molecule has 0 saturated heterocycles. The van der Waals surface area contributed by atoms with Crippen LogP contribution in [0, 0.1) is 5.82 Å². The number of benzene rings is 4. The van der Waals surface area contributed by atoms with Gasteiger partial charge in [-0.25, -0.2) is 9.18 Å². The Kier molecular flexibility index (Phi) is 7.78. The molecular weight excluding hydrogens is 481 g/mol. The van der Waals surface area contributed by atoms with Crippen molar-refractivity contribution >= 4 is 28.1 Å². The molecule has 1 unspecified atom stereocenters. The normalized spacial score (nSPS) is 15.4. The molecule has 0 amide bonds. The Labute approximate surface area is 222 Å². The maximum Gasteiger partial charge on any atom is 0.343 e. The highest BCUT2D eigenvalue weighted by Crippen LogP contribution is 2.41. The molecule has 0 fully saturated rings. The van der Waals surface area contributed by atoms with Crippen LogP contribution in [0.2, 0.25) is 0 Å². The Hall–Kier alpha value is -4.06. The molecule has 0 radical (unpaired) electrons. The molecule has 0 aromatic heterocycles. The molecule has 196 valence electrons. The molecule has 0 aliphatic carbocycles. The summed E-state index contributed by atoms with van der Waals surface area (Å²) in [6.07, 6.45) is 2.60. The number of methoxy groups -OCH3 is 1. The Balaban J connectivity index is 1.30. The SMILES string of the molecule is COC(=O)COc1cccc(N2CC(CCC[C@H](C)c3cccc4ccccc34)Oc3c(F)cccc32)c1. The van der Waals surface area contributed by atoms with Crippen molar-refractivity contribution in [2.24, 2.45) is 0 Å². The summed E-state index contributed by atoms with van der Waals surface area (Å²) in [6, 6.07) is 27.4. The quantitative estimate of drug-likeness (QED) is 0.218. The van der Waals surface area contributed by atoms with Crippen LogP contribution in [0.25, 0.3) is 10.8 Å². The summed E-state index contributed by atoms with van der Waals surface area (Å²) in [6.45, 7) is 2.68.